The molecule has 0 amide bonds. The minimum atomic E-state index is 0.214. The van der Waals surface area contributed by atoms with Crippen LogP contribution in [-0.2, 0) is 0 Å². The van der Waals surface area contributed by atoms with Gasteiger partial charge in [0, 0.05) is 6.61 Å². The SMILES string of the molecule is C=C/C(=C\C)CCO.CC.CC. The fourth-order valence-corrected chi connectivity index (χ4v) is 0.493. The summed E-state index contributed by atoms with van der Waals surface area (Å²) in [5.74, 6) is 0. The lowest BCUT2D eigenvalue weighted by Crippen LogP contribution is -1.82. The summed E-state index contributed by atoms with van der Waals surface area (Å²) < 4.78 is 0. The minimum absolute atomic E-state index is 0.214. The molecule has 0 spiro atoms. The summed E-state index contributed by atoms with van der Waals surface area (Å²) >= 11 is 0. The van der Waals surface area contributed by atoms with Gasteiger partial charge in [-0.2, -0.15) is 0 Å². The predicted octanol–water partition coefficient (Wildman–Crippen LogP) is 3.55. The Bertz CT molecular complexity index is 93.2. The van der Waals surface area contributed by atoms with Gasteiger partial charge in [-0.3, -0.25) is 0 Å². The zero-order valence-electron chi connectivity index (χ0n) is 9.22. The zero-order chi connectivity index (χ0) is 10.4. The number of rotatable bonds is 3. The molecule has 0 atom stereocenters. The monoisotopic (exact) mass is 172 g/mol. The Labute approximate surface area is 77.8 Å². The molecule has 12 heavy (non-hydrogen) atoms. The van der Waals surface area contributed by atoms with Crippen LogP contribution < -0.4 is 0 Å². The van der Waals surface area contributed by atoms with Crippen LogP contribution in [-0.4, -0.2) is 11.7 Å². The van der Waals surface area contributed by atoms with Crippen LogP contribution in [0.2, 0.25) is 0 Å². The highest BCUT2D eigenvalue weighted by molar-refractivity contribution is 5.14. The maximum Gasteiger partial charge on any atom is 0.0471 e. The molecule has 1 nitrogen and oxygen atoms in total. The number of aliphatic hydroxyl groups excluding tert-OH is 1. The minimum Gasteiger partial charge on any atom is -0.396 e. The second kappa shape index (κ2) is 22.4. The lowest BCUT2D eigenvalue weighted by molar-refractivity contribution is 0.300. The van der Waals surface area contributed by atoms with Crippen LogP contribution in [0.4, 0.5) is 0 Å². The van der Waals surface area contributed by atoms with E-state index in [1.807, 2.05) is 40.7 Å². The summed E-state index contributed by atoms with van der Waals surface area (Å²) in [4.78, 5) is 0. The lowest BCUT2D eigenvalue weighted by Gasteiger charge is -1.92. The van der Waals surface area contributed by atoms with Crippen LogP contribution in [0.3, 0.4) is 0 Å². The predicted molar refractivity (Wildman–Crippen MR) is 58.4 cm³/mol. The molecule has 0 fully saturated rings. The third-order valence-electron chi connectivity index (χ3n) is 1.03. The molecule has 0 rings (SSSR count). The molecule has 1 N–H and O–H groups in total. The first-order chi connectivity index (χ1) is 5.85. The van der Waals surface area contributed by atoms with Gasteiger partial charge in [0.25, 0.3) is 0 Å². The zero-order valence-corrected chi connectivity index (χ0v) is 9.22. The Morgan fingerprint density at radius 2 is 1.67 bits per heavy atom. The summed E-state index contributed by atoms with van der Waals surface area (Å²) in [6.07, 6.45) is 4.43. The average molecular weight is 172 g/mol. The average Bonchev–Trinajstić information content (AvgIpc) is 2.20. The van der Waals surface area contributed by atoms with Crippen LogP contribution in [0, 0.1) is 0 Å². The van der Waals surface area contributed by atoms with Crippen molar-refractivity contribution in [3.63, 3.8) is 0 Å². The first-order valence-electron chi connectivity index (χ1n) is 4.73. The van der Waals surface area contributed by atoms with Crippen LogP contribution in [0.1, 0.15) is 41.0 Å². The largest absolute Gasteiger partial charge is 0.396 e. The molecule has 0 aromatic heterocycles. The van der Waals surface area contributed by atoms with Gasteiger partial charge < -0.3 is 5.11 Å². The molecule has 0 aromatic rings. The van der Waals surface area contributed by atoms with Crippen LogP contribution >= 0.6 is 0 Å². The highest BCUT2D eigenvalue weighted by Gasteiger charge is 1.84. The van der Waals surface area contributed by atoms with Gasteiger partial charge in [-0.05, 0) is 13.3 Å². The van der Waals surface area contributed by atoms with Crippen molar-refractivity contribution in [2.75, 3.05) is 6.61 Å². The molecule has 0 bridgehead atoms. The van der Waals surface area contributed by atoms with Crippen molar-refractivity contribution in [3.8, 4) is 0 Å². The summed E-state index contributed by atoms with van der Waals surface area (Å²) in [6, 6.07) is 0. The Hall–Kier alpha value is -0.560. The van der Waals surface area contributed by atoms with Gasteiger partial charge in [0.1, 0.15) is 0 Å². The lowest BCUT2D eigenvalue weighted by atomic mass is 10.2. The van der Waals surface area contributed by atoms with Crippen molar-refractivity contribution in [2.24, 2.45) is 0 Å². The third kappa shape index (κ3) is 16.2. The molecular formula is C11H24O. The van der Waals surface area contributed by atoms with Crippen molar-refractivity contribution < 1.29 is 5.11 Å². The molecule has 1 heteroatoms. The van der Waals surface area contributed by atoms with Crippen molar-refractivity contribution >= 4 is 0 Å². The Kier molecular flexibility index (Phi) is 32.7. The Morgan fingerprint density at radius 1 is 1.25 bits per heavy atom. The van der Waals surface area contributed by atoms with E-state index in [1.54, 1.807) is 6.08 Å². The van der Waals surface area contributed by atoms with E-state index in [1.165, 1.54) is 0 Å². The van der Waals surface area contributed by atoms with E-state index in [0.29, 0.717) is 0 Å². The molecule has 0 saturated carbocycles. The van der Waals surface area contributed by atoms with E-state index in [2.05, 4.69) is 6.58 Å². The van der Waals surface area contributed by atoms with E-state index < -0.39 is 0 Å². The number of allylic oxidation sites excluding steroid dienone is 2. The standard InChI is InChI=1S/C7H12O.2C2H6/c1-3-7(4-2)5-6-8;2*1-2/h3-4,8H,1,5-6H2,2H3;2*1-2H3/b7-4+;;. The summed E-state index contributed by atoms with van der Waals surface area (Å²) in [7, 11) is 0. The molecule has 0 saturated heterocycles. The van der Waals surface area contributed by atoms with Crippen LogP contribution in [0.5, 0.6) is 0 Å². The molecule has 0 aromatic carbocycles. The number of hydrogen-bond acceptors (Lipinski definition) is 1. The Balaban J connectivity index is -0.000000175. The van der Waals surface area contributed by atoms with Gasteiger partial charge in [-0.25, -0.2) is 0 Å². The first kappa shape index (κ1) is 17.5. The van der Waals surface area contributed by atoms with Gasteiger partial charge in [0.05, 0.1) is 0 Å². The van der Waals surface area contributed by atoms with Crippen molar-refractivity contribution in [1.82, 2.24) is 0 Å². The maximum absolute atomic E-state index is 8.41. The van der Waals surface area contributed by atoms with Crippen molar-refractivity contribution in [2.45, 2.75) is 41.0 Å². The molecular weight excluding hydrogens is 148 g/mol. The fourth-order valence-electron chi connectivity index (χ4n) is 0.493. The highest BCUT2D eigenvalue weighted by Crippen LogP contribution is 1.98. The molecule has 0 aliphatic heterocycles. The first-order valence-corrected chi connectivity index (χ1v) is 4.73. The quantitative estimate of drug-likeness (QED) is 0.645. The molecule has 0 aliphatic rings. The number of aliphatic hydroxyl groups is 1. The van der Waals surface area contributed by atoms with Crippen molar-refractivity contribution in [1.29, 1.82) is 0 Å². The van der Waals surface area contributed by atoms with E-state index >= 15 is 0 Å². The molecule has 74 valence electrons. The van der Waals surface area contributed by atoms with Gasteiger partial charge >= 0.3 is 0 Å². The molecule has 0 aliphatic carbocycles. The Morgan fingerprint density at radius 3 is 1.75 bits per heavy atom. The van der Waals surface area contributed by atoms with Crippen LogP contribution in [0.15, 0.2) is 24.3 Å². The number of hydrogen-bond donors (Lipinski definition) is 1. The third-order valence-corrected chi connectivity index (χ3v) is 1.03. The normalized spacial score (nSPS) is 8.67. The van der Waals surface area contributed by atoms with E-state index in [-0.39, 0.29) is 6.61 Å². The van der Waals surface area contributed by atoms with E-state index in [9.17, 15) is 0 Å². The van der Waals surface area contributed by atoms with E-state index in [4.69, 9.17) is 5.11 Å². The van der Waals surface area contributed by atoms with E-state index in [0.717, 1.165) is 12.0 Å². The fraction of sp³-hybridized carbons (Fsp3) is 0.636. The van der Waals surface area contributed by atoms with Gasteiger partial charge in [-0.15, -0.1) is 0 Å². The molecule has 0 unspecified atom stereocenters. The molecule has 0 heterocycles. The highest BCUT2D eigenvalue weighted by atomic mass is 16.2. The maximum atomic E-state index is 8.41. The second-order valence-electron chi connectivity index (χ2n) is 1.54. The smallest absolute Gasteiger partial charge is 0.0471 e. The summed E-state index contributed by atoms with van der Waals surface area (Å²) in [5.41, 5.74) is 1.10. The topological polar surface area (TPSA) is 20.2 Å². The van der Waals surface area contributed by atoms with Gasteiger partial charge in [-0.1, -0.05) is 52.0 Å². The van der Waals surface area contributed by atoms with Crippen LogP contribution in [0.25, 0.3) is 0 Å². The summed E-state index contributed by atoms with van der Waals surface area (Å²) in [5, 5.41) is 8.41. The van der Waals surface area contributed by atoms with Gasteiger partial charge in [0.15, 0.2) is 0 Å². The van der Waals surface area contributed by atoms with Gasteiger partial charge in [0.2, 0.25) is 0 Å². The second-order valence-corrected chi connectivity index (χ2v) is 1.54. The summed E-state index contributed by atoms with van der Waals surface area (Å²) in [6.45, 7) is 13.7. The van der Waals surface area contributed by atoms with Crippen molar-refractivity contribution in [3.05, 3.63) is 24.3 Å². The molecule has 0 radical (unpaired) electrons.